The number of nitrogens with zero attached hydrogens (tertiary/aromatic N) is 5. The topological polar surface area (TPSA) is 118 Å². The molecule has 10 nitrogen and oxygen atoms in total. The molecule has 4 aromatic heterocycles. The van der Waals surface area contributed by atoms with Gasteiger partial charge in [-0.1, -0.05) is 20.8 Å². The number of ether oxygens (including phenoxy) is 1. The van der Waals surface area contributed by atoms with Crippen LogP contribution in [0.15, 0.2) is 30.3 Å². The van der Waals surface area contributed by atoms with E-state index >= 15 is 0 Å². The van der Waals surface area contributed by atoms with Crippen molar-refractivity contribution in [3.63, 3.8) is 0 Å². The minimum atomic E-state index is -0.486. The van der Waals surface area contributed by atoms with Gasteiger partial charge in [-0.2, -0.15) is 0 Å². The van der Waals surface area contributed by atoms with E-state index in [1.54, 1.807) is 7.11 Å². The second-order valence-electron chi connectivity index (χ2n) is 14.2. The zero-order valence-electron chi connectivity index (χ0n) is 27.1. The van der Waals surface area contributed by atoms with Crippen molar-refractivity contribution in [2.24, 2.45) is 11.3 Å². The summed E-state index contributed by atoms with van der Waals surface area (Å²) in [5.41, 5.74) is 5.80. The number of fused-ring (bicyclic) bond motifs is 4. The van der Waals surface area contributed by atoms with Crippen molar-refractivity contribution in [1.82, 2.24) is 29.2 Å². The quantitative estimate of drug-likeness (QED) is 0.263. The van der Waals surface area contributed by atoms with Crippen LogP contribution in [0.2, 0.25) is 0 Å². The lowest BCUT2D eigenvalue weighted by molar-refractivity contribution is -0.129. The number of carbonyl (C=O) groups excluding carboxylic acids is 2. The molecular formula is C35H43N7O3. The predicted molar refractivity (Wildman–Crippen MR) is 174 cm³/mol. The first-order valence-electron chi connectivity index (χ1n) is 16.2. The van der Waals surface area contributed by atoms with Crippen LogP contribution >= 0.6 is 0 Å². The van der Waals surface area contributed by atoms with Gasteiger partial charge in [0.1, 0.15) is 17.0 Å². The molecule has 45 heavy (non-hydrogen) atoms. The number of piperidine rings is 1. The van der Waals surface area contributed by atoms with Gasteiger partial charge in [0.2, 0.25) is 5.91 Å². The lowest BCUT2D eigenvalue weighted by Gasteiger charge is -2.35. The number of methoxy groups -OCH3 is 1. The van der Waals surface area contributed by atoms with Gasteiger partial charge in [-0.25, -0.2) is 9.97 Å². The largest absolute Gasteiger partial charge is 0.482 e. The first kappa shape index (κ1) is 29.5. The third-order valence-corrected chi connectivity index (χ3v) is 9.88. The molecule has 0 aromatic carbocycles. The van der Waals surface area contributed by atoms with Gasteiger partial charge < -0.3 is 24.9 Å². The molecule has 1 aliphatic carbocycles. The molecule has 0 spiro atoms. The van der Waals surface area contributed by atoms with E-state index in [4.69, 9.17) is 20.1 Å². The first-order valence-corrected chi connectivity index (χ1v) is 16.2. The normalized spacial score (nSPS) is 20.7. The number of amides is 2. The molecule has 2 N–H and O–H groups in total. The highest BCUT2D eigenvalue weighted by Gasteiger charge is 2.43. The third-order valence-electron chi connectivity index (χ3n) is 9.88. The van der Waals surface area contributed by atoms with Gasteiger partial charge in [-0.3, -0.25) is 14.0 Å². The Morgan fingerprint density at radius 2 is 1.87 bits per heavy atom. The maximum atomic E-state index is 13.9. The Balaban J connectivity index is 1.30. The molecule has 3 atom stereocenters. The third kappa shape index (κ3) is 5.08. The van der Waals surface area contributed by atoms with Crippen LogP contribution in [0.1, 0.15) is 94.0 Å². The molecule has 236 valence electrons. The molecule has 2 bridgehead atoms. The zero-order chi connectivity index (χ0) is 31.8. The summed E-state index contributed by atoms with van der Waals surface area (Å²) in [5.74, 6) is 1.09. The number of imidazole rings is 1. The summed E-state index contributed by atoms with van der Waals surface area (Å²) in [6.45, 7) is 10.6. The number of nitrogens with one attached hydrogen (secondary N) is 2. The zero-order valence-corrected chi connectivity index (χ0v) is 27.1. The van der Waals surface area contributed by atoms with Gasteiger partial charge in [0.05, 0.1) is 36.3 Å². The highest BCUT2D eigenvalue weighted by Crippen LogP contribution is 2.39. The summed E-state index contributed by atoms with van der Waals surface area (Å²) in [6, 6.07) is 9.76. The molecule has 2 saturated heterocycles. The number of hydrogen-bond acceptors (Lipinski definition) is 6. The van der Waals surface area contributed by atoms with Crippen LogP contribution in [0.5, 0.6) is 5.88 Å². The fraction of sp³-hybridized carbons (Fsp3) is 0.514. The summed E-state index contributed by atoms with van der Waals surface area (Å²) in [5, 5.41) is 12.6. The van der Waals surface area contributed by atoms with E-state index in [9.17, 15) is 9.59 Å². The number of pyridine rings is 2. The van der Waals surface area contributed by atoms with Crippen molar-refractivity contribution >= 4 is 34.2 Å². The smallest absolute Gasteiger partial charge is 0.254 e. The standard InChI is InChI=1S/C35H43N7O3/c1-19(37-34(44)35(3,4)5)26-13-9-22-15-28(40(32(22)38-26)18-21-7-8-21)31-20(2)41-29(39-31)16-23(17-30(41)45-6)33(43)42-24-10-12-25(36)27(42)14-11-24/h9,13,15-17,19,21,24,27,36H,7-8,10-12,14,18H2,1-6H3,(H,37,44)/t19-,24-,27-/m1/s1. The van der Waals surface area contributed by atoms with Gasteiger partial charge in [-0.05, 0) is 82.6 Å². The molecule has 7 rings (SSSR count). The maximum Gasteiger partial charge on any atom is 0.254 e. The summed E-state index contributed by atoms with van der Waals surface area (Å²) >= 11 is 0. The number of aryl methyl sites for hydroxylation is 1. The van der Waals surface area contributed by atoms with E-state index < -0.39 is 5.41 Å². The summed E-state index contributed by atoms with van der Waals surface area (Å²) in [4.78, 5) is 38.7. The number of aromatic nitrogens is 4. The summed E-state index contributed by atoms with van der Waals surface area (Å²) in [7, 11) is 1.62. The lowest BCUT2D eigenvalue weighted by Crippen LogP contribution is -2.48. The Morgan fingerprint density at radius 3 is 2.58 bits per heavy atom. The SMILES string of the molecule is COc1cc(C(=O)N2[C@@H]3CCC(=N)[C@H]2CC3)cc2nc(-c3cc4ccc([C@@H](C)NC(=O)C(C)(C)C)nc4n3CC3CC3)c(C)n12. The van der Waals surface area contributed by atoms with Crippen molar-refractivity contribution in [3.05, 3.63) is 47.3 Å². The Morgan fingerprint density at radius 1 is 1.09 bits per heavy atom. The van der Waals surface area contributed by atoms with E-state index in [0.717, 1.165) is 66.0 Å². The minimum absolute atomic E-state index is 0.00993. The molecule has 4 aromatic rings. The van der Waals surface area contributed by atoms with Crippen LogP contribution in [0, 0.1) is 23.7 Å². The predicted octanol–water partition coefficient (Wildman–Crippen LogP) is 6.09. The van der Waals surface area contributed by atoms with Crippen LogP contribution < -0.4 is 10.1 Å². The van der Waals surface area contributed by atoms with E-state index in [0.29, 0.717) is 28.7 Å². The van der Waals surface area contributed by atoms with Crippen molar-refractivity contribution in [2.45, 2.75) is 97.8 Å². The molecular weight excluding hydrogens is 566 g/mol. The highest BCUT2D eigenvalue weighted by atomic mass is 16.5. The van der Waals surface area contributed by atoms with Crippen molar-refractivity contribution in [3.8, 4) is 17.3 Å². The fourth-order valence-electron chi connectivity index (χ4n) is 7.06. The van der Waals surface area contributed by atoms with Crippen molar-refractivity contribution in [1.29, 1.82) is 5.41 Å². The van der Waals surface area contributed by atoms with Crippen molar-refractivity contribution < 1.29 is 14.3 Å². The summed E-state index contributed by atoms with van der Waals surface area (Å²) in [6.07, 6.45) is 5.83. The lowest BCUT2D eigenvalue weighted by atomic mass is 9.95. The Bertz CT molecular complexity index is 1860. The minimum Gasteiger partial charge on any atom is -0.482 e. The number of carbonyl (C=O) groups is 2. The van der Waals surface area contributed by atoms with Gasteiger partial charge >= 0.3 is 0 Å². The molecule has 3 aliphatic rings. The molecule has 2 amide bonds. The van der Waals surface area contributed by atoms with Crippen LogP contribution in [-0.2, 0) is 11.3 Å². The van der Waals surface area contributed by atoms with Crippen LogP contribution in [0.4, 0.5) is 0 Å². The van der Waals surface area contributed by atoms with Crippen LogP contribution in [0.25, 0.3) is 28.1 Å². The molecule has 3 fully saturated rings. The number of hydrogen-bond donors (Lipinski definition) is 2. The average Bonchev–Trinajstić information content (AvgIpc) is 3.55. The van der Waals surface area contributed by atoms with E-state index in [2.05, 4.69) is 22.0 Å². The average molecular weight is 610 g/mol. The fourth-order valence-corrected chi connectivity index (χ4v) is 7.06. The van der Waals surface area contributed by atoms with Gasteiger partial charge in [0.15, 0.2) is 5.88 Å². The van der Waals surface area contributed by atoms with Crippen LogP contribution in [0.3, 0.4) is 0 Å². The molecule has 0 unspecified atom stereocenters. The first-order chi connectivity index (χ1) is 21.4. The molecule has 6 heterocycles. The molecule has 1 saturated carbocycles. The van der Waals surface area contributed by atoms with Gasteiger partial charge in [0, 0.05) is 40.7 Å². The summed E-state index contributed by atoms with van der Waals surface area (Å²) < 4.78 is 10.1. The van der Waals surface area contributed by atoms with Crippen LogP contribution in [-0.4, -0.2) is 60.6 Å². The Hall–Kier alpha value is -4.21. The highest BCUT2D eigenvalue weighted by molar-refractivity contribution is 6.01. The van der Waals surface area contributed by atoms with Gasteiger partial charge in [-0.15, -0.1) is 0 Å². The maximum absolute atomic E-state index is 13.9. The van der Waals surface area contributed by atoms with Crippen molar-refractivity contribution in [2.75, 3.05) is 7.11 Å². The number of rotatable bonds is 7. The van der Waals surface area contributed by atoms with Gasteiger partial charge in [0.25, 0.3) is 5.91 Å². The Labute approximate surface area is 263 Å². The second kappa shape index (κ2) is 10.7. The molecule has 10 heteroatoms. The monoisotopic (exact) mass is 609 g/mol. The van der Waals surface area contributed by atoms with E-state index in [-0.39, 0.29) is 29.9 Å². The van der Waals surface area contributed by atoms with E-state index in [1.165, 1.54) is 12.8 Å². The molecule has 2 aliphatic heterocycles. The second-order valence-corrected chi connectivity index (χ2v) is 14.2. The molecule has 0 radical (unpaired) electrons. The van der Waals surface area contributed by atoms with E-state index in [1.807, 2.05) is 62.1 Å². The Kier molecular flexibility index (Phi) is 7.02.